The van der Waals surface area contributed by atoms with Crippen molar-refractivity contribution < 1.29 is 9.59 Å². The molecule has 3 aliphatic rings. The summed E-state index contributed by atoms with van der Waals surface area (Å²) in [5.41, 5.74) is 0. The van der Waals surface area contributed by atoms with Crippen molar-refractivity contribution in [2.75, 3.05) is 31.9 Å². The van der Waals surface area contributed by atoms with E-state index in [1.807, 2.05) is 14.5 Å². The number of piperazine rings is 1. The third kappa shape index (κ3) is 3.80. The number of thioether (sulfide) groups is 1. The van der Waals surface area contributed by atoms with Crippen LogP contribution in [0, 0.1) is 5.92 Å². The lowest BCUT2D eigenvalue weighted by atomic mass is 10.2. The monoisotopic (exact) mass is 364 g/mol. The van der Waals surface area contributed by atoms with Crippen LogP contribution in [0.2, 0.25) is 0 Å². The zero-order valence-electron chi connectivity index (χ0n) is 14.3. The van der Waals surface area contributed by atoms with Gasteiger partial charge in [0.1, 0.15) is 0 Å². The molecule has 2 amide bonds. The maximum atomic E-state index is 12.5. The van der Waals surface area contributed by atoms with Crippen LogP contribution >= 0.6 is 11.8 Å². The molecular weight excluding hydrogens is 340 g/mol. The molecule has 2 aliphatic carbocycles. The molecule has 0 N–H and O–H groups in total. The van der Waals surface area contributed by atoms with E-state index in [4.69, 9.17) is 0 Å². The van der Waals surface area contributed by atoms with Gasteiger partial charge in [0.05, 0.1) is 11.8 Å². The molecule has 136 valence electrons. The van der Waals surface area contributed by atoms with Gasteiger partial charge in [-0.2, -0.15) is 0 Å². The van der Waals surface area contributed by atoms with E-state index in [0.717, 1.165) is 30.8 Å². The first-order valence-corrected chi connectivity index (χ1v) is 10.2. The molecular formula is C16H24N6O2S. The van der Waals surface area contributed by atoms with Gasteiger partial charge in [-0.3, -0.25) is 9.59 Å². The standard InChI is InChI=1S/C16H24N6O2S/c23-14(20-7-9-21(10-8-20)15(24)12-5-6-12)11-25-16-17-18-19-22(16)13-3-1-2-4-13/h12-13H,1-11H2. The average molecular weight is 364 g/mol. The summed E-state index contributed by atoms with van der Waals surface area (Å²) in [6.45, 7) is 2.58. The molecule has 0 unspecified atom stereocenters. The first-order valence-electron chi connectivity index (χ1n) is 9.19. The highest BCUT2D eigenvalue weighted by Gasteiger charge is 2.35. The highest BCUT2D eigenvalue weighted by molar-refractivity contribution is 7.99. The molecule has 8 nitrogen and oxygen atoms in total. The fourth-order valence-corrected chi connectivity index (χ4v) is 4.49. The van der Waals surface area contributed by atoms with Gasteiger partial charge in [-0.1, -0.05) is 24.6 Å². The van der Waals surface area contributed by atoms with Crippen LogP contribution < -0.4 is 0 Å². The lowest BCUT2D eigenvalue weighted by molar-refractivity contribution is -0.139. The number of carbonyl (C=O) groups excluding carboxylic acids is 2. The summed E-state index contributed by atoms with van der Waals surface area (Å²) in [7, 11) is 0. The molecule has 0 radical (unpaired) electrons. The minimum atomic E-state index is 0.101. The van der Waals surface area contributed by atoms with Gasteiger partial charge in [0.25, 0.3) is 0 Å². The highest BCUT2D eigenvalue weighted by atomic mass is 32.2. The van der Waals surface area contributed by atoms with E-state index in [-0.39, 0.29) is 17.7 Å². The number of tetrazole rings is 1. The Kier molecular flexibility index (Phi) is 4.91. The summed E-state index contributed by atoms with van der Waals surface area (Å²) in [6, 6.07) is 0.379. The van der Waals surface area contributed by atoms with Crippen molar-refractivity contribution in [2.24, 2.45) is 5.92 Å². The van der Waals surface area contributed by atoms with Gasteiger partial charge in [0.2, 0.25) is 17.0 Å². The Hall–Kier alpha value is -1.64. The maximum absolute atomic E-state index is 12.5. The van der Waals surface area contributed by atoms with E-state index in [9.17, 15) is 9.59 Å². The quantitative estimate of drug-likeness (QED) is 0.724. The van der Waals surface area contributed by atoms with Gasteiger partial charge in [-0.05, 0) is 36.1 Å². The molecule has 3 fully saturated rings. The average Bonchev–Trinajstić information content (AvgIpc) is 3.15. The van der Waals surface area contributed by atoms with Gasteiger partial charge in [0, 0.05) is 32.1 Å². The Morgan fingerprint density at radius 1 is 1.00 bits per heavy atom. The number of carbonyl (C=O) groups is 2. The number of aromatic nitrogens is 4. The predicted molar refractivity (Wildman–Crippen MR) is 91.9 cm³/mol. The molecule has 25 heavy (non-hydrogen) atoms. The second kappa shape index (κ2) is 7.31. The van der Waals surface area contributed by atoms with Crippen molar-refractivity contribution in [3.63, 3.8) is 0 Å². The smallest absolute Gasteiger partial charge is 0.233 e. The van der Waals surface area contributed by atoms with Crippen LogP contribution in [0.3, 0.4) is 0 Å². The van der Waals surface area contributed by atoms with Crippen LogP contribution in [0.1, 0.15) is 44.6 Å². The number of hydrogen-bond acceptors (Lipinski definition) is 6. The van der Waals surface area contributed by atoms with Gasteiger partial charge in [-0.25, -0.2) is 4.68 Å². The van der Waals surface area contributed by atoms with Gasteiger partial charge >= 0.3 is 0 Å². The third-order valence-corrected chi connectivity index (χ3v) is 6.25. The van der Waals surface area contributed by atoms with Crippen LogP contribution in [-0.2, 0) is 9.59 Å². The van der Waals surface area contributed by atoms with E-state index in [1.54, 1.807) is 0 Å². The Balaban J connectivity index is 1.26. The van der Waals surface area contributed by atoms with E-state index < -0.39 is 0 Å². The first kappa shape index (κ1) is 16.8. The molecule has 0 aromatic carbocycles. The number of nitrogens with zero attached hydrogens (tertiary/aromatic N) is 6. The number of rotatable bonds is 5. The Morgan fingerprint density at radius 3 is 2.36 bits per heavy atom. The van der Waals surface area contributed by atoms with Gasteiger partial charge < -0.3 is 9.80 Å². The summed E-state index contributed by atoms with van der Waals surface area (Å²) >= 11 is 1.42. The summed E-state index contributed by atoms with van der Waals surface area (Å²) in [6.07, 6.45) is 6.73. The van der Waals surface area contributed by atoms with Crippen molar-refractivity contribution in [1.82, 2.24) is 30.0 Å². The summed E-state index contributed by atoms with van der Waals surface area (Å²) < 4.78 is 1.89. The Morgan fingerprint density at radius 2 is 1.68 bits per heavy atom. The largest absolute Gasteiger partial charge is 0.339 e. The zero-order valence-corrected chi connectivity index (χ0v) is 15.2. The molecule has 2 saturated carbocycles. The van der Waals surface area contributed by atoms with Crippen molar-refractivity contribution in [1.29, 1.82) is 0 Å². The second-order valence-corrected chi connectivity index (χ2v) is 8.06. The molecule has 9 heteroatoms. The molecule has 1 aromatic heterocycles. The van der Waals surface area contributed by atoms with Crippen LogP contribution in [0.5, 0.6) is 0 Å². The predicted octanol–water partition coefficient (Wildman–Crippen LogP) is 0.961. The van der Waals surface area contributed by atoms with Crippen LogP contribution in [0.4, 0.5) is 0 Å². The molecule has 1 aromatic rings. The molecule has 0 atom stereocenters. The normalized spacial score (nSPS) is 21.8. The van der Waals surface area contributed by atoms with Crippen LogP contribution in [-0.4, -0.2) is 73.8 Å². The van der Waals surface area contributed by atoms with E-state index in [2.05, 4.69) is 15.5 Å². The Bertz CT molecular complexity index is 632. The minimum absolute atomic E-state index is 0.101. The summed E-state index contributed by atoms with van der Waals surface area (Å²) in [5.74, 6) is 0.984. The fraction of sp³-hybridized carbons (Fsp3) is 0.812. The Labute approximate surface area is 151 Å². The van der Waals surface area contributed by atoms with Crippen molar-refractivity contribution >= 4 is 23.6 Å². The lowest BCUT2D eigenvalue weighted by Gasteiger charge is -2.34. The molecule has 0 spiro atoms. The first-order chi connectivity index (χ1) is 12.2. The number of hydrogen-bond donors (Lipinski definition) is 0. The molecule has 4 rings (SSSR count). The third-order valence-electron chi connectivity index (χ3n) is 5.33. The fourth-order valence-electron chi connectivity index (χ4n) is 3.64. The van der Waals surface area contributed by atoms with Crippen molar-refractivity contribution in [2.45, 2.75) is 49.7 Å². The lowest BCUT2D eigenvalue weighted by Crippen LogP contribution is -2.51. The topological polar surface area (TPSA) is 84.2 Å². The summed E-state index contributed by atoms with van der Waals surface area (Å²) in [5, 5.41) is 12.7. The highest BCUT2D eigenvalue weighted by Crippen LogP contribution is 2.32. The molecule has 1 aliphatic heterocycles. The molecule has 1 saturated heterocycles. The second-order valence-electron chi connectivity index (χ2n) is 7.11. The maximum Gasteiger partial charge on any atom is 0.233 e. The van der Waals surface area contributed by atoms with Crippen LogP contribution in [0.25, 0.3) is 0 Å². The van der Waals surface area contributed by atoms with E-state index in [1.165, 1.54) is 24.6 Å². The van der Waals surface area contributed by atoms with E-state index in [0.29, 0.717) is 38.0 Å². The number of amides is 2. The van der Waals surface area contributed by atoms with Crippen molar-refractivity contribution in [3.05, 3.63) is 0 Å². The van der Waals surface area contributed by atoms with Crippen LogP contribution in [0.15, 0.2) is 5.16 Å². The van der Waals surface area contributed by atoms with Gasteiger partial charge in [0.15, 0.2) is 0 Å². The minimum Gasteiger partial charge on any atom is -0.339 e. The van der Waals surface area contributed by atoms with E-state index >= 15 is 0 Å². The molecule has 0 bridgehead atoms. The van der Waals surface area contributed by atoms with Crippen molar-refractivity contribution in [3.8, 4) is 0 Å². The van der Waals surface area contributed by atoms with Gasteiger partial charge in [-0.15, -0.1) is 5.10 Å². The zero-order chi connectivity index (χ0) is 17.2. The summed E-state index contributed by atoms with van der Waals surface area (Å²) in [4.78, 5) is 28.3. The molecule has 2 heterocycles. The SMILES string of the molecule is O=C(CSc1nnnn1C1CCCC1)N1CCN(C(=O)C2CC2)CC1.